The van der Waals surface area contributed by atoms with Crippen LogP contribution in [0.15, 0.2) is 51.4 Å². The lowest BCUT2D eigenvalue weighted by Crippen LogP contribution is -2.39. The number of azide groups is 1. The molecule has 16 heteroatoms. The number of fused-ring (bicyclic) bond motifs is 1. The second-order valence-electron chi connectivity index (χ2n) is 8.86. The van der Waals surface area contributed by atoms with E-state index in [0.29, 0.717) is 0 Å². The van der Waals surface area contributed by atoms with E-state index >= 15 is 0 Å². The van der Waals surface area contributed by atoms with E-state index in [0.717, 1.165) is 23.6 Å². The summed E-state index contributed by atoms with van der Waals surface area (Å²) in [6.07, 6.45) is 1.51. The fourth-order valence-electron chi connectivity index (χ4n) is 4.37. The number of aromatic amines is 2. The largest absolute Gasteiger partial charge is 0.468 e. The van der Waals surface area contributed by atoms with Gasteiger partial charge in [-0.3, -0.25) is 23.7 Å². The first-order valence-corrected chi connectivity index (χ1v) is 13.4. The summed E-state index contributed by atoms with van der Waals surface area (Å²) in [5, 5.41) is 7.24. The number of rotatable bonds is 11. The minimum Gasteiger partial charge on any atom is -0.468 e. The smallest absolute Gasteiger partial charge is 0.406 e. The Kier molecular flexibility index (Phi) is 8.70. The molecular formula is C23H28N7O8P. The first-order valence-electron chi connectivity index (χ1n) is 11.9. The second kappa shape index (κ2) is 12.0. The van der Waals surface area contributed by atoms with E-state index < -0.39 is 49.4 Å². The SMILES string of the molecule is COC(=O)[C@H](Cc1c[nH]c2ccccc12)NP(=O)(OC)OC[C@H]1O[C@@H](n2cc(C)c(=O)[nH]c2=O)C[C@@H]1N=[N+]=[N-]. The molecule has 0 bridgehead atoms. The number of nitrogens with one attached hydrogen (secondary N) is 3. The third-order valence-corrected chi connectivity index (χ3v) is 8.01. The first-order chi connectivity index (χ1) is 18.7. The highest BCUT2D eigenvalue weighted by Crippen LogP contribution is 2.45. The molecule has 1 aromatic carbocycles. The Hall–Kier alpha value is -3.71. The molecule has 1 saturated heterocycles. The van der Waals surface area contributed by atoms with Gasteiger partial charge in [0.05, 0.1) is 25.9 Å². The molecule has 3 heterocycles. The molecule has 3 N–H and O–H groups in total. The van der Waals surface area contributed by atoms with Crippen LogP contribution in [0.1, 0.15) is 23.8 Å². The first kappa shape index (κ1) is 28.3. The number of methoxy groups -OCH3 is 1. The number of carbonyl (C=O) groups excluding carboxylic acids is 1. The quantitative estimate of drug-likeness (QED) is 0.103. The number of benzene rings is 1. The van der Waals surface area contributed by atoms with Crippen molar-refractivity contribution in [2.75, 3.05) is 20.8 Å². The fraction of sp³-hybridized carbons (Fsp3) is 0.435. The van der Waals surface area contributed by atoms with Gasteiger partial charge >= 0.3 is 19.4 Å². The molecule has 0 aliphatic carbocycles. The van der Waals surface area contributed by atoms with Gasteiger partial charge in [0.15, 0.2) is 0 Å². The molecule has 15 nitrogen and oxygen atoms in total. The lowest BCUT2D eigenvalue weighted by Gasteiger charge is -2.24. The summed E-state index contributed by atoms with van der Waals surface area (Å²) in [5.74, 6) is -0.682. The zero-order valence-electron chi connectivity index (χ0n) is 21.4. The maximum absolute atomic E-state index is 13.5. The van der Waals surface area contributed by atoms with Crippen molar-refractivity contribution in [1.82, 2.24) is 19.6 Å². The average Bonchev–Trinajstić information content (AvgIpc) is 3.53. The molecule has 0 saturated carbocycles. The van der Waals surface area contributed by atoms with Gasteiger partial charge in [-0.15, -0.1) is 0 Å². The number of ether oxygens (including phenoxy) is 2. The van der Waals surface area contributed by atoms with Crippen LogP contribution in [0.2, 0.25) is 0 Å². The molecule has 1 unspecified atom stereocenters. The summed E-state index contributed by atoms with van der Waals surface area (Å²) in [5.41, 5.74) is 9.73. The van der Waals surface area contributed by atoms with Crippen molar-refractivity contribution < 1.29 is 27.9 Å². The molecule has 1 fully saturated rings. The number of H-pyrrole nitrogens is 2. The topological polar surface area (TPSA) is 202 Å². The van der Waals surface area contributed by atoms with Crippen molar-refractivity contribution in [1.29, 1.82) is 0 Å². The molecule has 2 aromatic heterocycles. The number of esters is 1. The summed E-state index contributed by atoms with van der Waals surface area (Å²) in [6.45, 7) is 1.17. The van der Waals surface area contributed by atoms with Gasteiger partial charge in [-0.1, -0.05) is 23.3 Å². The van der Waals surface area contributed by atoms with Crippen LogP contribution in [0.4, 0.5) is 0 Å². The van der Waals surface area contributed by atoms with E-state index in [-0.39, 0.29) is 25.0 Å². The van der Waals surface area contributed by atoms with Gasteiger partial charge in [0.25, 0.3) is 5.56 Å². The Labute approximate surface area is 221 Å². The summed E-state index contributed by atoms with van der Waals surface area (Å²) in [7, 11) is -1.74. The monoisotopic (exact) mass is 561 g/mol. The number of para-hydroxylation sites is 1. The lowest BCUT2D eigenvalue weighted by atomic mass is 10.1. The Balaban J connectivity index is 1.50. The third-order valence-electron chi connectivity index (χ3n) is 6.41. The minimum absolute atomic E-state index is 0.0968. The van der Waals surface area contributed by atoms with Crippen molar-refractivity contribution >= 4 is 24.6 Å². The van der Waals surface area contributed by atoms with Crippen LogP contribution in [0.25, 0.3) is 21.3 Å². The van der Waals surface area contributed by atoms with Gasteiger partial charge < -0.3 is 19.0 Å². The maximum Gasteiger partial charge on any atom is 0.406 e. The molecule has 0 radical (unpaired) electrons. The molecule has 5 atom stereocenters. The Morgan fingerprint density at radius 1 is 1.36 bits per heavy atom. The van der Waals surface area contributed by atoms with Crippen LogP contribution in [0.3, 0.4) is 0 Å². The van der Waals surface area contributed by atoms with Gasteiger partial charge in [0, 0.05) is 53.7 Å². The molecule has 208 valence electrons. The van der Waals surface area contributed by atoms with Crippen molar-refractivity contribution in [2.45, 2.75) is 44.2 Å². The fourth-order valence-corrected chi connectivity index (χ4v) is 5.58. The summed E-state index contributed by atoms with van der Waals surface area (Å²) in [4.78, 5) is 44.8. The maximum atomic E-state index is 13.5. The van der Waals surface area contributed by atoms with Crippen LogP contribution < -0.4 is 16.3 Å². The second-order valence-corrected chi connectivity index (χ2v) is 10.7. The van der Waals surface area contributed by atoms with Crippen LogP contribution in [-0.2, 0) is 34.3 Å². The van der Waals surface area contributed by atoms with Gasteiger partial charge in [-0.05, 0) is 24.1 Å². The third kappa shape index (κ3) is 6.31. The Bertz CT molecular complexity index is 1560. The Morgan fingerprint density at radius 3 is 2.85 bits per heavy atom. The zero-order chi connectivity index (χ0) is 28.2. The number of hydrogen-bond donors (Lipinski definition) is 3. The van der Waals surface area contributed by atoms with E-state index in [1.54, 1.807) is 6.20 Å². The van der Waals surface area contributed by atoms with Gasteiger partial charge in [-0.25, -0.2) is 14.4 Å². The van der Waals surface area contributed by atoms with E-state index in [1.165, 1.54) is 24.8 Å². The molecule has 4 rings (SSSR count). The van der Waals surface area contributed by atoms with Crippen LogP contribution in [-0.4, -0.2) is 59.5 Å². The predicted octanol–water partition coefficient (Wildman–Crippen LogP) is 2.44. The van der Waals surface area contributed by atoms with Crippen molar-refractivity contribution in [3.05, 3.63) is 79.1 Å². The predicted molar refractivity (Wildman–Crippen MR) is 139 cm³/mol. The molecule has 0 amide bonds. The number of nitrogens with zero attached hydrogens (tertiary/aromatic N) is 4. The summed E-state index contributed by atoms with van der Waals surface area (Å²) >= 11 is 0. The van der Waals surface area contributed by atoms with Crippen LogP contribution in [0, 0.1) is 6.92 Å². The molecule has 3 aromatic rings. The lowest BCUT2D eigenvalue weighted by molar-refractivity contribution is -0.142. The van der Waals surface area contributed by atoms with E-state index in [4.69, 9.17) is 24.1 Å². The number of aromatic nitrogens is 3. The molecule has 0 spiro atoms. The van der Waals surface area contributed by atoms with Crippen molar-refractivity contribution in [3.63, 3.8) is 0 Å². The highest BCUT2D eigenvalue weighted by atomic mass is 31.2. The normalized spacial score (nSPS) is 21.3. The van der Waals surface area contributed by atoms with E-state index in [1.807, 2.05) is 24.3 Å². The summed E-state index contributed by atoms with van der Waals surface area (Å²) in [6, 6.07) is 5.64. The molecule has 1 aliphatic heterocycles. The number of aryl methyl sites for hydroxylation is 1. The van der Waals surface area contributed by atoms with Crippen LogP contribution >= 0.6 is 7.75 Å². The van der Waals surface area contributed by atoms with Crippen LogP contribution in [0.5, 0.6) is 0 Å². The molecule has 1 aliphatic rings. The highest BCUT2D eigenvalue weighted by Gasteiger charge is 2.39. The highest BCUT2D eigenvalue weighted by molar-refractivity contribution is 7.51. The number of carbonyl (C=O) groups is 1. The Morgan fingerprint density at radius 2 is 2.13 bits per heavy atom. The van der Waals surface area contributed by atoms with Crippen molar-refractivity contribution in [2.24, 2.45) is 5.11 Å². The standard InChI is InChI=1S/C23H28N7O8P/c1-13-11-30(23(33)26-21(13)31)20-9-17(27-29-24)19(38-20)12-37-39(34,36-3)28-18(22(32)35-2)8-14-10-25-16-7-5-4-6-15(14)16/h4-7,10-11,17-20,25H,8-9,12H2,1-3H3,(H,28,34)(H,26,31,33)/t17-,18-,19+,20+,39?/m0/s1. The molecule has 39 heavy (non-hydrogen) atoms. The molecular weight excluding hydrogens is 533 g/mol. The average molecular weight is 561 g/mol. The van der Waals surface area contributed by atoms with E-state index in [9.17, 15) is 18.9 Å². The number of hydrogen-bond acceptors (Lipinski definition) is 9. The zero-order valence-corrected chi connectivity index (χ0v) is 22.3. The van der Waals surface area contributed by atoms with Gasteiger partial charge in [0.2, 0.25) is 0 Å². The minimum atomic E-state index is -4.11. The van der Waals surface area contributed by atoms with Gasteiger partial charge in [0.1, 0.15) is 12.3 Å². The van der Waals surface area contributed by atoms with Gasteiger partial charge in [-0.2, -0.15) is 0 Å². The van der Waals surface area contributed by atoms with E-state index in [2.05, 4.69) is 25.1 Å². The van der Waals surface area contributed by atoms with Crippen molar-refractivity contribution in [3.8, 4) is 0 Å². The summed E-state index contributed by atoms with van der Waals surface area (Å²) < 4.78 is 36.2.